The van der Waals surface area contributed by atoms with Crippen LogP contribution in [0, 0.1) is 5.92 Å². The molecule has 1 aromatic rings. The fraction of sp³-hybridized carbons (Fsp3) is 0.571. The van der Waals surface area contributed by atoms with Crippen LogP contribution >= 0.6 is 0 Å². The SMILES string of the molecule is CCN1CC[C@H](C)[C@@H](Oc2ccc3c(c2)CN(C2CCC(=O)NC2=O)C3=O)C1. The van der Waals surface area contributed by atoms with E-state index in [-0.39, 0.29) is 30.2 Å². The number of piperidine rings is 2. The van der Waals surface area contributed by atoms with Crippen molar-refractivity contribution in [3.05, 3.63) is 29.3 Å². The first kappa shape index (κ1) is 18.9. The molecule has 0 spiro atoms. The number of likely N-dealkylation sites (N-methyl/N-ethyl adjacent to an activating group) is 1. The zero-order valence-electron chi connectivity index (χ0n) is 16.4. The van der Waals surface area contributed by atoms with Gasteiger partial charge in [-0.1, -0.05) is 13.8 Å². The lowest BCUT2D eigenvalue weighted by molar-refractivity contribution is -0.136. The van der Waals surface area contributed by atoms with Gasteiger partial charge in [0.25, 0.3) is 5.91 Å². The molecule has 3 aliphatic heterocycles. The first-order chi connectivity index (χ1) is 13.5. The maximum absolute atomic E-state index is 12.8. The maximum Gasteiger partial charge on any atom is 0.255 e. The van der Waals surface area contributed by atoms with Gasteiger partial charge < -0.3 is 9.64 Å². The lowest BCUT2D eigenvalue weighted by Gasteiger charge is -2.36. The largest absolute Gasteiger partial charge is 0.489 e. The van der Waals surface area contributed by atoms with E-state index in [9.17, 15) is 14.4 Å². The molecule has 3 heterocycles. The molecular formula is C21H27N3O4. The number of carbonyl (C=O) groups excluding carboxylic acids is 3. The molecule has 2 saturated heterocycles. The van der Waals surface area contributed by atoms with Crippen LogP contribution in [0.15, 0.2) is 18.2 Å². The third-order valence-corrected chi connectivity index (χ3v) is 6.20. The number of likely N-dealkylation sites (tertiary alicyclic amines) is 1. The Morgan fingerprint density at radius 1 is 1.21 bits per heavy atom. The van der Waals surface area contributed by atoms with E-state index in [1.807, 2.05) is 12.1 Å². The van der Waals surface area contributed by atoms with Crippen molar-refractivity contribution in [3.8, 4) is 5.75 Å². The zero-order chi connectivity index (χ0) is 19.8. The van der Waals surface area contributed by atoms with Gasteiger partial charge >= 0.3 is 0 Å². The molecule has 7 nitrogen and oxygen atoms in total. The highest BCUT2D eigenvalue weighted by molar-refractivity contribution is 6.05. The molecule has 150 valence electrons. The summed E-state index contributed by atoms with van der Waals surface area (Å²) in [6.07, 6.45) is 1.89. The summed E-state index contributed by atoms with van der Waals surface area (Å²) < 4.78 is 6.28. The number of nitrogens with zero attached hydrogens (tertiary/aromatic N) is 2. The van der Waals surface area contributed by atoms with E-state index in [4.69, 9.17) is 4.74 Å². The van der Waals surface area contributed by atoms with E-state index in [1.165, 1.54) is 0 Å². The lowest BCUT2D eigenvalue weighted by atomic mass is 9.96. The number of ether oxygens (including phenoxy) is 1. The molecule has 0 aromatic heterocycles. The van der Waals surface area contributed by atoms with Gasteiger partial charge in [0.1, 0.15) is 17.9 Å². The van der Waals surface area contributed by atoms with Gasteiger partial charge in [-0.2, -0.15) is 0 Å². The van der Waals surface area contributed by atoms with Crippen LogP contribution in [0.5, 0.6) is 5.75 Å². The van der Waals surface area contributed by atoms with Gasteiger partial charge in [-0.3, -0.25) is 24.6 Å². The van der Waals surface area contributed by atoms with Crippen molar-refractivity contribution in [2.75, 3.05) is 19.6 Å². The lowest BCUT2D eigenvalue weighted by Crippen LogP contribution is -2.52. The molecule has 7 heteroatoms. The van der Waals surface area contributed by atoms with Crippen molar-refractivity contribution in [1.82, 2.24) is 15.1 Å². The highest BCUT2D eigenvalue weighted by Gasteiger charge is 2.39. The second kappa shape index (κ2) is 7.54. The molecule has 2 fully saturated rings. The predicted octanol–water partition coefficient (Wildman–Crippen LogP) is 1.56. The van der Waals surface area contributed by atoms with Gasteiger partial charge in [0.05, 0.1) is 0 Å². The van der Waals surface area contributed by atoms with Crippen molar-refractivity contribution in [3.63, 3.8) is 0 Å². The van der Waals surface area contributed by atoms with E-state index in [0.29, 0.717) is 24.4 Å². The average Bonchev–Trinajstić information content (AvgIpc) is 2.99. The molecule has 4 rings (SSSR count). The minimum absolute atomic E-state index is 0.134. The monoisotopic (exact) mass is 385 g/mol. The zero-order valence-corrected chi connectivity index (χ0v) is 16.4. The fourth-order valence-electron chi connectivity index (χ4n) is 4.34. The molecule has 1 N–H and O–H groups in total. The summed E-state index contributed by atoms with van der Waals surface area (Å²) in [5.41, 5.74) is 1.49. The van der Waals surface area contributed by atoms with Gasteiger partial charge in [-0.15, -0.1) is 0 Å². The van der Waals surface area contributed by atoms with Crippen molar-refractivity contribution in [2.45, 2.75) is 51.8 Å². The van der Waals surface area contributed by atoms with E-state index < -0.39 is 6.04 Å². The predicted molar refractivity (Wildman–Crippen MR) is 103 cm³/mol. The smallest absolute Gasteiger partial charge is 0.255 e. The highest BCUT2D eigenvalue weighted by Crippen LogP contribution is 2.31. The molecule has 0 radical (unpaired) electrons. The Kier molecular flexibility index (Phi) is 5.10. The quantitative estimate of drug-likeness (QED) is 0.796. The van der Waals surface area contributed by atoms with Crippen LogP contribution in [0.2, 0.25) is 0 Å². The summed E-state index contributed by atoms with van der Waals surface area (Å²) in [6.45, 7) is 7.80. The molecule has 0 aliphatic carbocycles. The highest BCUT2D eigenvalue weighted by atomic mass is 16.5. The van der Waals surface area contributed by atoms with E-state index in [2.05, 4.69) is 24.1 Å². The molecule has 3 aliphatic rings. The van der Waals surface area contributed by atoms with Crippen LogP contribution < -0.4 is 10.1 Å². The van der Waals surface area contributed by atoms with Gasteiger partial charge in [0.15, 0.2) is 0 Å². The maximum atomic E-state index is 12.8. The number of imide groups is 1. The Bertz CT molecular complexity index is 809. The normalized spacial score (nSPS) is 28.3. The Hall–Kier alpha value is -2.41. The topological polar surface area (TPSA) is 79.0 Å². The number of hydrogen-bond donors (Lipinski definition) is 1. The first-order valence-electron chi connectivity index (χ1n) is 10.1. The average molecular weight is 385 g/mol. The first-order valence-corrected chi connectivity index (χ1v) is 10.1. The minimum Gasteiger partial charge on any atom is -0.489 e. The van der Waals surface area contributed by atoms with Crippen molar-refractivity contribution in [2.24, 2.45) is 5.92 Å². The third kappa shape index (κ3) is 3.51. The Morgan fingerprint density at radius 2 is 2.04 bits per heavy atom. The Balaban J connectivity index is 1.48. The number of nitrogens with one attached hydrogen (secondary N) is 1. The van der Waals surface area contributed by atoms with Gasteiger partial charge in [-0.05, 0) is 55.6 Å². The number of amides is 3. The molecule has 1 unspecified atom stereocenters. The molecule has 0 bridgehead atoms. The van der Waals surface area contributed by atoms with Crippen LogP contribution in [0.3, 0.4) is 0 Å². The second-order valence-electron chi connectivity index (χ2n) is 8.03. The molecule has 28 heavy (non-hydrogen) atoms. The molecule has 3 atom stereocenters. The van der Waals surface area contributed by atoms with E-state index >= 15 is 0 Å². The minimum atomic E-state index is -0.585. The number of hydrogen-bond acceptors (Lipinski definition) is 5. The van der Waals surface area contributed by atoms with Crippen molar-refractivity contribution < 1.29 is 19.1 Å². The molecule has 1 aromatic carbocycles. The van der Waals surface area contributed by atoms with Gasteiger partial charge in [-0.25, -0.2) is 0 Å². The van der Waals surface area contributed by atoms with Crippen LogP contribution in [0.25, 0.3) is 0 Å². The van der Waals surface area contributed by atoms with Crippen molar-refractivity contribution >= 4 is 17.7 Å². The van der Waals surface area contributed by atoms with Gasteiger partial charge in [0, 0.05) is 25.1 Å². The van der Waals surface area contributed by atoms with Crippen LogP contribution in [0.1, 0.15) is 49.0 Å². The number of benzene rings is 1. The van der Waals surface area contributed by atoms with Crippen molar-refractivity contribution in [1.29, 1.82) is 0 Å². The summed E-state index contributed by atoms with van der Waals surface area (Å²) in [7, 11) is 0. The second-order valence-corrected chi connectivity index (χ2v) is 8.03. The molecule has 3 amide bonds. The van der Waals surface area contributed by atoms with Crippen LogP contribution in [0.4, 0.5) is 0 Å². The fourth-order valence-corrected chi connectivity index (χ4v) is 4.34. The van der Waals surface area contributed by atoms with Gasteiger partial charge in [0.2, 0.25) is 11.8 Å². The summed E-state index contributed by atoms with van der Waals surface area (Å²) in [5.74, 6) is 0.441. The standard InChI is InChI=1S/C21H27N3O4/c1-3-23-9-8-13(2)18(12-23)28-15-4-5-16-14(10-15)11-24(21(16)27)17-6-7-19(25)22-20(17)26/h4-5,10,13,17-18H,3,6-9,11-12H2,1-2H3,(H,22,25,26)/t13-,17?,18-/m0/s1. The van der Waals surface area contributed by atoms with E-state index in [1.54, 1.807) is 11.0 Å². The molecule has 0 saturated carbocycles. The summed E-state index contributed by atoms with van der Waals surface area (Å²) in [5, 5.41) is 2.33. The Labute approximate surface area is 165 Å². The third-order valence-electron chi connectivity index (χ3n) is 6.20. The summed E-state index contributed by atoms with van der Waals surface area (Å²) in [6, 6.07) is 4.99. The molecular weight excluding hydrogens is 358 g/mol. The van der Waals surface area contributed by atoms with Crippen LogP contribution in [-0.4, -0.2) is 59.3 Å². The van der Waals surface area contributed by atoms with E-state index in [0.717, 1.165) is 37.4 Å². The number of rotatable bonds is 4. The van der Waals surface area contributed by atoms with Crippen LogP contribution in [-0.2, 0) is 16.1 Å². The summed E-state index contributed by atoms with van der Waals surface area (Å²) >= 11 is 0. The number of carbonyl (C=O) groups is 3. The Morgan fingerprint density at radius 3 is 2.79 bits per heavy atom. The number of fused-ring (bicyclic) bond motifs is 1. The summed E-state index contributed by atoms with van der Waals surface area (Å²) in [4.78, 5) is 40.3.